The zero-order valence-electron chi connectivity index (χ0n) is 12.3. The maximum Gasteiger partial charge on any atom is 0.186 e. The quantitative estimate of drug-likeness (QED) is 0.939. The van der Waals surface area contributed by atoms with E-state index in [1.54, 1.807) is 6.07 Å². The van der Waals surface area contributed by atoms with E-state index in [0.717, 1.165) is 27.5 Å². The Morgan fingerprint density at radius 2 is 2.10 bits per heavy atom. The summed E-state index contributed by atoms with van der Waals surface area (Å²) in [6, 6.07) is 8.13. The molecule has 4 heteroatoms. The molecule has 1 aliphatic rings. The number of benzene rings is 1. The van der Waals surface area contributed by atoms with Gasteiger partial charge < -0.3 is 9.88 Å². The highest BCUT2D eigenvalue weighted by Crippen LogP contribution is 2.23. The standard InChI is InChI=1S/C17H19ClN2O/c1-11-8-17(21)13(9-19-14-6-7-14)10-20(11)16-5-3-4-15(18)12(16)2/h3-5,8,10,14,19H,6-7,9H2,1-2H3. The van der Waals surface area contributed by atoms with Crippen molar-refractivity contribution < 1.29 is 0 Å². The average molecular weight is 303 g/mol. The van der Waals surface area contributed by atoms with Gasteiger partial charge in [0, 0.05) is 46.8 Å². The normalized spacial score (nSPS) is 14.4. The molecule has 0 radical (unpaired) electrons. The van der Waals surface area contributed by atoms with Crippen LogP contribution in [-0.4, -0.2) is 10.6 Å². The van der Waals surface area contributed by atoms with E-state index in [0.29, 0.717) is 12.6 Å². The first kappa shape index (κ1) is 14.4. The highest BCUT2D eigenvalue weighted by atomic mass is 35.5. The summed E-state index contributed by atoms with van der Waals surface area (Å²) in [5, 5.41) is 4.14. The van der Waals surface area contributed by atoms with E-state index in [2.05, 4.69) is 5.32 Å². The molecule has 1 aromatic carbocycles. The number of halogens is 1. The van der Waals surface area contributed by atoms with Gasteiger partial charge in [0.05, 0.1) is 0 Å². The molecule has 3 rings (SSSR count). The Balaban J connectivity index is 2.02. The van der Waals surface area contributed by atoms with Gasteiger partial charge in [-0.2, -0.15) is 0 Å². The van der Waals surface area contributed by atoms with Crippen LogP contribution in [0.15, 0.2) is 35.3 Å². The maximum absolute atomic E-state index is 12.1. The fourth-order valence-corrected chi connectivity index (χ4v) is 2.63. The zero-order valence-corrected chi connectivity index (χ0v) is 13.1. The predicted octanol–water partition coefficient (Wildman–Crippen LogP) is 3.36. The molecule has 1 aromatic heterocycles. The van der Waals surface area contributed by atoms with Gasteiger partial charge in [-0.25, -0.2) is 0 Å². The van der Waals surface area contributed by atoms with E-state index in [-0.39, 0.29) is 5.43 Å². The summed E-state index contributed by atoms with van der Waals surface area (Å²) in [6.07, 6.45) is 4.37. The molecule has 110 valence electrons. The Morgan fingerprint density at radius 1 is 1.33 bits per heavy atom. The Hall–Kier alpha value is -1.58. The molecule has 1 fully saturated rings. The molecule has 0 amide bonds. The first-order valence-electron chi connectivity index (χ1n) is 7.27. The molecule has 0 unspecified atom stereocenters. The Kier molecular flexibility index (Phi) is 3.87. The van der Waals surface area contributed by atoms with E-state index in [1.807, 2.05) is 42.8 Å². The smallest absolute Gasteiger partial charge is 0.186 e. The van der Waals surface area contributed by atoms with Crippen LogP contribution in [0.25, 0.3) is 5.69 Å². The second-order valence-electron chi connectivity index (χ2n) is 5.71. The third-order valence-electron chi connectivity index (χ3n) is 3.98. The topological polar surface area (TPSA) is 34.0 Å². The number of aromatic nitrogens is 1. The Bertz CT molecular complexity index is 732. The summed E-state index contributed by atoms with van der Waals surface area (Å²) in [4.78, 5) is 12.1. The van der Waals surface area contributed by atoms with Gasteiger partial charge in [-0.3, -0.25) is 4.79 Å². The highest BCUT2D eigenvalue weighted by Gasteiger charge is 2.20. The van der Waals surface area contributed by atoms with Crippen molar-refractivity contribution in [3.8, 4) is 5.69 Å². The van der Waals surface area contributed by atoms with E-state index >= 15 is 0 Å². The maximum atomic E-state index is 12.1. The van der Waals surface area contributed by atoms with Crippen LogP contribution >= 0.6 is 11.6 Å². The van der Waals surface area contributed by atoms with Crippen LogP contribution in [0.2, 0.25) is 5.02 Å². The molecular weight excluding hydrogens is 284 g/mol. The van der Waals surface area contributed by atoms with Crippen molar-refractivity contribution in [2.24, 2.45) is 0 Å². The summed E-state index contributed by atoms with van der Waals surface area (Å²) in [5.41, 5.74) is 3.85. The van der Waals surface area contributed by atoms with Crippen LogP contribution < -0.4 is 10.7 Å². The molecule has 1 aliphatic carbocycles. The fraction of sp³-hybridized carbons (Fsp3) is 0.353. The fourth-order valence-electron chi connectivity index (χ4n) is 2.46. The minimum Gasteiger partial charge on any atom is -0.320 e. The van der Waals surface area contributed by atoms with Crippen molar-refractivity contribution in [1.29, 1.82) is 0 Å². The first-order valence-corrected chi connectivity index (χ1v) is 7.65. The lowest BCUT2D eigenvalue weighted by Gasteiger charge is -2.16. The molecule has 2 aromatic rings. The highest BCUT2D eigenvalue weighted by molar-refractivity contribution is 6.31. The molecule has 1 heterocycles. The molecule has 0 atom stereocenters. The molecule has 1 N–H and O–H groups in total. The van der Waals surface area contributed by atoms with Crippen LogP contribution in [0.4, 0.5) is 0 Å². The van der Waals surface area contributed by atoms with Crippen LogP contribution in [0.3, 0.4) is 0 Å². The average Bonchev–Trinajstić information content (AvgIpc) is 3.26. The molecule has 1 saturated carbocycles. The van der Waals surface area contributed by atoms with E-state index in [1.165, 1.54) is 12.8 Å². The number of nitrogens with one attached hydrogen (secondary N) is 1. The van der Waals surface area contributed by atoms with Crippen LogP contribution in [0, 0.1) is 13.8 Å². The summed E-state index contributed by atoms with van der Waals surface area (Å²) < 4.78 is 2.05. The monoisotopic (exact) mass is 302 g/mol. The van der Waals surface area contributed by atoms with Crippen LogP contribution in [0.1, 0.15) is 29.7 Å². The third kappa shape index (κ3) is 3.04. The lowest BCUT2D eigenvalue weighted by Crippen LogP contribution is -2.23. The van der Waals surface area contributed by atoms with E-state index < -0.39 is 0 Å². The second-order valence-corrected chi connectivity index (χ2v) is 6.12. The summed E-state index contributed by atoms with van der Waals surface area (Å²) in [7, 11) is 0. The van der Waals surface area contributed by atoms with Crippen molar-refractivity contribution in [2.45, 2.75) is 39.3 Å². The SMILES string of the molecule is Cc1c(Cl)cccc1-n1cc(CNC2CC2)c(=O)cc1C. The van der Waals surface area contributed by atoms with Gasteiger partial charge in [-0.05, 0) is 44.4 Å². The van der Waals surface area contributed by atoms with Crippen molar-refractivity contribution in [2.75, 3.05) is 0 Å². The number of aryl methyl sites for hydroxylation is 1. The van der Waals surface area contributed by atoms with Gasteiger partial charge in [0.25, 0.3) is 0 Å². The lowest BCUT2D eigenvalue weighted by atomic mass is 10.1. The van der Waals surface area contributed by atoms with Gasteiger partial charge in [0.2, 0.25) is 0 Å². The van der Waals surface area contributed by atoms with Crippen molar-refractivity contribution in [3.05, 3.63) is 62.5 Å². The lowest BCUT2D eigenvalue weighted by molar-refractivity contribution is 0.679. The molecule has 0 spiro atoms. The predicted molar refractivity (Wildman–Crippen MR) is 86.4 cm³/mol. The number of hydrogen-bond acceptors (Lipinski definition) is 2. The molecular formula is C17H19ClN2O. The van der Waals surface area contributed by atoms with Crippen LogP contribution in [-0.2, 0) is 6.54 Å². The molecule has 21 heavy (non-hydrogen) atoms. The molecule has 3 nitrogen and oxygen atoms in total. The first-order chi connectivity index (χ1) is 10.1. The van der Waals surface area contributed by atoms with Crippen molar-refractivity contribution in [3.63, 3.8) is 0 Å². The Labute approximate surface area is 129 Å². The molecule has 0 bridgehead atoms. The van der Waals surface area contributed by atoms with Gasteiger partial charge >= 0.3 is 0 Å². The second kappa shape index (κ2) is 5.66. The molecule has 0 aliphatic heterocycles. The Morgan fingerprint density at radius 3 is 2.81 bits per heavy atom. The number of hydrogen-bond donors (Lipinski definition) is 1. The number of nitrogens with zero attached hydrogens (tertiary/aromatic N) is 1. The largest absolute Gasteiger partial charge is 0.320 e. The summed E-state index contributed by atoms with van der Waals surface area (Å²) in [5.74, 6) is 0. The number of rotatable bonds is 4. The van der Waals surface area contributed by atoms with Crippen molar-refractivity contribution in [1.82, 2.24) is 9.88 Å². The zero-order chi connectivity index (χ0) is 15.0. The third-order valence-corrected chi connectivity index (χ3v) is 4.39. The van der Waals surface area contributed by atoms with Gasteiger partial charge in [-0.1, -0.05) is 17.7 Å². The van der Waals surface area contributed by atoms with Gasteiger partial charge in [-0.15, -0.1) is 0 Å². The van der Waals surface area contributed by atoms with Crippen molar-refractivity contribution >= 4 is 11.6 Å². The minimum atomic E-state index is 0.0941. The van der Waals surface area contributed by atoms with E-state index in [4.69, 9.17) is 11.6 Å². The molecule has 0 saturated heterocycles. The van der Waals surface area contributed by atoms with Gasteiger partial charge in [0.15, 0.2) is 5.43 Å². The summed E-state index contributed by atoms with van der Waals surface area (Å²) in [6.45, 7) is 4.57. The van der Waals surface area contributed by atoms with Gasteiger partial charge in [0.1, 0.15) is 0 Å². The summed E-state index contributed by atoms with van der Waals surface area (Å²) >= 11 is 6.21. The number of pyridine rings is 1. The van der Waals surface area contributed by atoms with Crippen LogP contribution in [0.5, 0.6) is 0 Å². The minimum absolute atomic E-state index is 0.0941. The van der Waals surface area contributed by atoms with E-state index in [9.17, 15) is 4.79 Å².